The maximum absolute atomic E-state index is 12.3. The molecular weight excluding hydrogens is 242 g/mol. The first-order chi connectivity index (χ1) is 9.13. The van der Waals surface area contributed by atoms with E-state index in [0.29, 0.717) is 25.6 Å². The highest BCUT2D eigenvalue weighted by atomic mass is 16.2. The van der Waals surface area contributed by atoms with Crippen LogP contribution in [0.5, 0.6) is 0 Å². The molecule has 2 rings (SSSR count). The van der Waals surface area contributed by atoms with Crippen LogP contribution < -0.4 is 5.32 Å². The summed E-state index contributed by atoms with van der Waals surface area (Å²) in [5.41, 5.74) is 0. The Morgan fingerprint density at radius 1 is 1.42 bits per heavy atom. The maximum Gasteiger partial charge on any atom is 0.227 e. The van der Waals surface area contributed by atoms with Gasteiger partial charge in [-0.1, -0.05) is 12.8 Å². The van der Waals surface area contributed by atoms with Crippen molar-refractivity contribution in [1.82, 2.24) is 15.1 Å². The fourth-order valence-corrected chi connectivity index (χ4v) is 3.17. The minimum absolute atomic E-state index is 0.115. The predicted octanol–water partition coefficient (Wildman–Crippen LogP) is 0.455. The monoisotopic (exact) mass is 267 g/mol. The molecule has 0 aromatic heterocycles. The molecule has 0 aromatic rings. The highest BCUT2D eigenvalue weighted by Gasteiger charge is 2.39. The first kappa shape index (κ1) is 14.3. The highest BCUT2D eigenvalue weighted by Crippen LogP contribution is 2.29. The molecule has 0 spiro atoms. The lowest BCUT2D eigenvalue weighted by atomic mass is 10.1. The lowest BCUT2D eigenvalue weighted by molar-refractivity contribution is -0.134. The van der Waals surface area contributed by atoms with E-state index in [1.165, 1.54) is 12.8 Å². The van der Waals surface area contributed by atoms with Crippen molar-refractivity contribution in [2.75, 3.05) is 33.7 Å². The fraction of sp³-hybridized carbons (Fsp3) is 0.857. The van der Waals surface area contributed by atoms with Gasteiger partial charge in [0.05, 0.1) is 5.92 Å². The molecule has 19 heavy (non-hydrogen) atoms. The summed E-state index contributed by atoms with van der Waals surface area (Å²) in [4.78, 5) is 28.0. The Morgan fingerprint density at radius 3 is 2.74 bits per heavy atom. The highest BCUT2D eigenvalue weighted by molar-refractivity contribution is 5.89. The lowest BCUT2D eigenvalue weighted by Crippen LogP contribution is -2.39. The van der Waals surface area contributed by atoms with Crippen LogP contribution >= 0.6 is 0 Å². The number of carbonyl (C=O) groups is 2. The van der Waals surface area contributed by atoms with Crippen molar-refractivity contribution in [1.29, 1.82) is 0 Å². The third kappa shape index (κ3) is 3.26. The molecular formula is C14H25N3O2. The van der Waals surface area contributed by atoms with E-state index in [-0.39, 0.29) is 17.7 Å². The number of carbonyl (C=O) groups excluding carboxylic acids is 2. The molecule has 0 aromatic carbocycles. The number of hydrogen-bond donors (Lipinski definition) is 1. The second-order valence-electron chi connectivity index (χ2n) is 5.75. The molecule has 108 valence electrons. The molecule has 1 saturated heterocycles. The topological polar surface area (TPSA) is 52.7 Å². The molecule has 1 aliphatic heterocycles. The van der Waals surface area contributed by atoms with Crippen molar-refractivity contribution in [2.45, 2.75) is 38.1 Å². The van der Waals surface area contributed by atoms with Gasteiger partial charge in [0, 0.05) is 39.1 Å². The van der Waals surface area contributed by atoms with Gasteiger partial charge in [-0.25, -0.2) is 0 Å². The van der Waals surface area contributed by atoms with Gasteiger partial charge in [0.2, 0.25) is 11.8 Å². The van der Waals surface area contributed by atoms with Crippen LogP contribution in [0.1, 0.15) is 32.1 Å². The van der Waals surface area contributed by atoms with Crippen molar-refractivity contribution in [3.63, 3.8) is 0 Å². The van der Waals surface area contributed by atoms with Crippen LogP contribution in [-0.4, -0.2) is 61.4 Å². The number of nitrogens with one attached hydrogen (secondary N) is 1. The summed E-state index contributed by atoms with van der Waals surface area (Å²) in [5, 5.41) is 3.04. The lowest BCUT2D eigenvalue weighted by Gasteiger charge is -2.25. The number of hydrogen-bond acceptors (Lipinski definition) is 3. The van der Waals surface area contributed by atoms with E-state index in [4.69, 9.17) is 0 Å². The largest absolute Gasteiger partial charge is 0.344 e. The van der Waals surface area contributed by atoms with E-state index in [1.54, 1.807) is 4.90 Å². The smallest absolute Gasteiger partial charge is 0.227 e. The summed E-state index contributed by atoms with van der Waals surface area (Å²) < 4.78 is 0. The molecule has 1 atom stereocenters. The average Bonchev–Trinajstić information content (AvgIpc) is 3.03. The SMILES string of the molecule is CNCCN(C)C(=O)C1CC(=O)N(C2CCCC2)C1. The van der Waals surface area contributed by atoms with Gasteiger partial charge in [-0.15, -0.1) is 0 Å². The Hall–Kier alpha value is -1.10. The second-order valence-corrected chi connectivity index (χ2v) is 5.75. The van der Waals surface area contributed by atoms with Crippen LogP contribution in [0, 0.1) is 5.92 Å². The molecule has 2 fully saturated rings. The summed E-state index contributed by atoms with van der Waals surface area (Å²) in [6.45, 7) is 2.12. The Kier molecular flexibility index (Phi) is 4.80. The average molecular weight is 267 g/mol. The molecule has 1 aliphatic carbocycles. The Balaban J connectivity index is 1.88. The van der Waals surface area contributed by atoms with Crippen molar-refractivity contribution in [3.05, 3.63) is 0 Å². The number of amides is 2. The summed E-state index contributed by atoms with van der Waals surface area (Å²) in [6.07, 6.45) is 5.06. The van der Waals surface area contributed by atoms with E-state index in [0.717, 1.165) is 19.4 Å². The molecule has 1 heterocycles. The van der Waals surface area contributed by atoms with Gasteiger partial charge >= 0.3 is 0 Å². The van der Waals surface area contributed by atoms with Crippen LogP contribution in [0.2, 0.25) is 0 Å². The first-order valence-corrected chi connectivity index (χ1v) is 7.32. The van der Waals surface area contributed by atoms with Crippen molar-refractivity contribution in [2.24, 2.45) is 5.92 Å². The van der Waals surface area contributed by atoms with Gasteiger partial charge in [0.15, 0.2) is 0 Å². The number of likely N-dealkylation sites (tertiary alicyclic amines) is 1. The Bertz CT molecular complexity index is 340. The summed E-state index contributed by atoms with van der Waals surface area (Å²) >= 11 is 0. The quantitative estimate of drug-likeness (QED) is 0.787. The summed E-state index contributed by atoms with van der Waals surface area (Å²) in [6, 6.07) is 0.396. The van der Waals surface area contributed by atoms with Crippen LogP contribution in [0.3, 0.4) is 0 Å². The Morgan fingerprint density at radius 2 is 2.11 bits per heavy atom. The standard InChI is InChI=1S/C14H25N3O2/c1-15-7-8-16(2)14(19)11-9-13(18)17(10-11)12-5-3-4-6-12/h11-12,15H,3-10H2,1-2H3. The first-order valence-electron chi connectivity index (χ1n) is 7.32. The Labute approximate surface area is 115 Å². The van der Waals surface area contributed by atoms with Crippen LogP contribution in [0.15, 0.2) is 0 Å². The van der Waals surface area contributed by atoms with Gasteiger partial charge in [-0.3, -0.25) is 9.59 Å². The van der Waals surface area contributed by atoms with Gasteiger partial charge in [-0.2, -0.15) is 0 Å². The molecule has 1 unspecified atom stereocenters. The molecule has 0 radical (unpaired) electrons. The summed E-state index contributed by atoms with van der Waals surface area (Å²) in [5.74, 6) is 0.159. The number of likely N-dealkylation sites (N-methyl/N-ethyl adjacent to an activating group) is 2. The third-order valence-electron chi connectivity index (χ3n) is 4.35. The molecule has 1 N–H and O–H groups in total. The van der Waals surface area contributed by atoms with E-state index < -0.39 is 0 Å². The van der Waals surface area contributed by atoms with Gasteiger partial charge < -0.3 is 15.1 Å². The van der Waals surface area contributed by atoms with Crippen LogP contribution in [0.25, 0.3) is 0 Å². The molecule has 5 nitrogen and oxygen atoms in total. The molecule has 5 heteroatoms. The van der Waals surface area contributed by atoms with Gasteiger partial charge in [0.25, 0.3) is 0 Å². The van der Waals surface area contributed by atoms with E-state index in [2.05, 4.69) is 5.32 Å². The maximum atomic E-state index is 12.3. The second kappa shape index (κ2) is 6.37. The van der Waals surface area contributed by atoms with Crippen molar-refractivity contribution in [3.8, 4) is 0 Å². The fourth-order valence-electron chi connectivity index (χ4n) is 3.17. The summed E-state index contributed by atoms with van der Waals surface area (Å²) in [7, 11) is 3.70. The third-order valence-corrected chi connectivity index (χ3v) is 4.35. The van der Waals surface area contributed by atoms with Gasteiger partial charge in [-0.05, 0) is 19.9 Å². The van der Waals surface area contributed by atoms with Crippen LogP contribution in [-0.2, 0) is 9.59 Å². The zero-order valence-electron chi connectivity index (χ0n) is 12.0. The molecule has 1 saturated carbocycles. The van der Waals surface area contributed by atoms with E-state index >= 15 is 0 Å². The zero-order valence-corrected chi connectivity index (χ0v) is 12.0. The molecule has 2 amide bonds. The van der Waals surface area contributed by atoms with Crippen LogP contribution in [0.4, 0.5) is 0 Å². The molecule has 0 bridgehead atoms. The number of rotatable bonds is 5. The predicted molar refractivity (Wildman–Crippen MR) is 73.6 cm³/mol. The minimum atomic E-state index is -0.130. The van der Waals surface area contributed by atoms with E-state index in [1.807, 2.05) is 19.0 Å². The van der Waals surface area contributed by atoms with Gasteiger partial charge in [0.1, 0.15) is 0 Å². The van der Waals surface area contributed by atoms with Crippen molar-refractivity contribution < 1.29 is 9.59 Å². The molecule has 2 aliphatic rings. The normalized spacial score (nSPS) is 24.2. The van der Waals surface area contributed by atoms with E-state index in [9.17, 15) is 9.59 Å². The number of nitrogens with zero attached hydrogens (tertiary/aromatic N) is 2. The van der Waals surface area contributed by atoms with Crippen molar-refractivity contribution >= 4 is 11.8 Å². The minimum Gasteiger partial charge on any atom is -0.344 e. The zero-order chi connectivity index (χ0) is 13.8.